The van der Waals surface area contributed by atoms with E-state index in [0.717, 1.165) is 39.3 Å². The lowest BCUT2D eigenvalue weighted by Gasteiger charge is -2.35. The van der Waals surface area contributed by atoms with Gasteiger partial charge < -0.3 is 9.64 Å². The minimum absolute atomic E-state index is 0.225. The summed E-state index contributed by atoms with van der Waals surface area (Å²) in [7, 11) is 0. The van der Waals surface area contributed by atoms with E-state index in [9.17, 15) is 0 Å². The zero-order chi connectivity index (χ0) is 14.2. The Morgan fingerprint density at radius 1 is 1.40 bits per heavy atom. The van der Waals surface area contributed by atoms with Crippen molar-refractivity contribution >= 4 is 5.69 Å². The second-order valence-corrected chi connectivity index (χ2v) is 5.08. The van der Waals surface area contributed by atoms with Crippen molar-refractivity contribution in [2.24, 2.45) is 0 Å². The smallest absolute Gasteiger partial charge is 0.0877 e. The molecule has 1 fully saturated rings. The Hall–Kier alpha value is -1.57. The first-order valence-corrected chi connectivity index (χ1v) is 7.34. The van der Waals surface area contributed by atoms with E-state index < -0.39 is 0 Å². The summed E-state index contributed by atoms with van der Waals surface area (Å²) in [4.78, 5) is 4.68. The van der Waals surface area contributed by atoms with Crippen LogP contribution in [0.2, 0.25) is 0 Å². The van der Waals surface area contributed by atoms with Gasteiger partial charge in [-0.1, -0.05) is 25.1 Å². The molecule has 2 rings (SSSR count). The lowest BCUT2D eigenvalue weighted by molar-refractivity contribution is -0.0220. The van der Waals surface area contributed by atoms with Gasteiger partial charge in [0.2, 0.25) is 0 Å². The third-order valence-corrected chi connectivity index (χ3v) is 3.71. The highest BCUT2D eigenvalue weighted by atomic mass is 16.5. The van der Waals surface area contributed by atoms with Crippen LogP contribution in [0.15, 0.2) is 30.3 Å². The van der Waals surface area contributed by atoms with Gasteiger partial charge in [-0.25, -0.2) is 0 Å². The number of hydrogen-bond donors (Lipinski definition) is 0. The van der Waals surface area contributed by atoms with Crippen LogP contribution in [0.3, 0.4) is 0 Å². The highest BCUT2D eigenvalue weighted by Crippen LogP contribution is 2.16. The number of rotatable bonds is 6. The van der Waals surface area contributed by atoms with Gasteiger partial charge in [-0.15, -0.1) is 0 Å². The second kappa shape index (κ2) is 7.88. The van der Waals surface area contributed by atoms with E-state index in [0.29, 0.717) is 6.42 Å². The number of anilines is 1. The molecule has 4 nitrogen and oxygen atoms in total. The largest absolute Gasteiger partial charge is 0.374 e. The molecule has 1 heterocycles. The second-order valence-electron chi connectivity index (χ2n) is 5.08. The minimum atomic E-state index is 0.225. The summed E-state index contributed by atoms with van der Waals surface area (Å²) in [5.74, 6) is 0. The molecule has 0 aromatic heterocycles. The molecule has 0 aliphatic carbocycles. The standard InChI is InChI=1S/C16H23N3O/c1-2-18-11-12-20-16(13-18)14-19(10-6-9-17)15-7-4-3-5-8-15/h3-5,7-8,16H,2,6,10-14H2,1H3. The molecule has 1 atom stereocenters. The Kier molecular flexibility index (Phi) is 5.85. The zero-order valence-electron chi connectivity index (χ0n) is 12.2. The molecule has 108 valence electrons. The highest BCUT2D eigenvalue weighted by molar-refractivity contribution is 5.46. The van der Waals surface area contributed by atoms with Crippen molar-refractivity contribution in [2.75, 3.05) is 44.2 Å². The minimum Gasteiger partial charge on any atom is -0.374 e. The van der Waals surface area contributed by atoms with E-state index in [2.05, 4.69) is 34.9 Å². The summed E-state index contributed by atoms with van der Waals surface area (Å²) < 4.78 is 5.88. The van der Waals surface area contributed by atoms with Crippen LogP contribution < -0.4 is 4.90 Å². The third kappa shape index (κ3) is 4.22. The first-order chi connectivity index (χ1) is 9.83. The van der Waals surface area contributed by atoms with Crippen molar-refractivity contribution in [1.29, 1.82) is 5.26 Å². The van der Waals surface area contributed by atoms with Crippen LogP contribution in [0.4, 0.5) is 5.69 Å². The summed E-state index contributed by atoms with van der Waals surface area (Å²) in [5.41, 5.74) is 1.17. The van der Waals surface area contributed by atoms with Crippen molar-refractivity contribution in [1.82, 2.24) is 4.90 Å². The summed E-state index contributed by atoms with van der Waals surface area (Å²) in [5, 5.41) is 8.83. The van der Waals surface area contributed by atoms with Gasteiger partial charge in [-0.05, 0) is 18.7 Å². The van der Waals surface area contributed by atoms with Crippen molar-refractivity contribution in [3.8, 4) is 6.07 Å². The van der Waals surface area contributed by atoms with Gasteiger partial charge in [0.15, 0.2) is 0 Å². The van der Waals surface area contributed by atoms with Gasteiger partial charge in [0.1, 0.15) is 0 Å². The van der Waals surface area contributed by atoms with Gasteiger partial charge >= 0.3 is 0 Å². The van der Waals surface area contributed by atoms with Gasteiger partial charge in [-0.3, -0.25) is 4.90 Å². The molecule has 1 aromatic rings. The Labute approximate surface area is 121 Å². The van der Waals surface area contributed by atoms with Crippen LogP contribution in [-0.4, -0.2) is 50.3 Å². The summed E-state index contributed by atoms with van der Waals surface area (Å²) >= 11 is 0. The average Bonchev–Trinajstić information content (AvgIpc) is 2.52. The molecule has 0 N–H and O–H groups in total. The maximum Gasteiger partial charge on any atom is 0.0877 e. The molecule has 20 heavy (non-hydrogen) atoms. The normalized spacial score (nSPS) is 19.5. The molecule has 1 aromatic carbocycles. The van der Waals surface area contributed by atoms with E-state index in [1.807, 2.05) is 18.2 Å². The molecular weight excluding hydrogens is 250 g/mol. The maximum absolute atomic E-state index is 8.83. The van der Waals surface area contributed by atoms with Crippen molar-refractivity contribution in [3.05, 3.63) is 30.3 Å². The maximum atomic E-state index is 8.83. The molecule has 0 amide bonds. The Morgan fingerprint density at radius 2 is 2.20 bits per heavy atom. The van der Waals surface area contributed by atoms with E-state index in [4.69, 9.17) is 10.00 Å². The van der Waals surface area contributed by atoms with E-state index >= 15 is 0 Å². The van der Waals surface area contributed by atoms with Crippen LogP contribution in [0.5, 0.6) is 0 Å². The monoisotopic (exact) mass is 273 g/mol. The number of benzene rings is 1. The fraction of sp³-hybridized carbons (Fsp3) is 0.562. The molecule has 0 saturated carbocycles. The number of nitrogens with zero attached hydrogens (tertiary/aromatic N) is 3. The fourth-order valence-corrected chi connectivity index (χ4v) is 2.57. The van der Waals surface area contributed by atoms with E-state index in [1.165, 1.54) is 5.69 Å². The van der Waals surface area contributed by atoms with Crippen LogP contribution in [0.1, 0.15) is 13.3 Å². The molecule has 0 radical (unpaired) electrons. The predicted molar refractivity (Wildman–Crippen MR) is 80.7 cm³/mol. The SMILES string of the molecule is CCN1CCOC(CN(CCC#N)c2ccccc2)C1. The van der Waals surface area contributed by atoms with Crippen molar-refractivity contribution < 1.29 is 4.74 Å². The molecule has 1 aliphatic rings. The van der Waals surface area contributed by atoms with E-state index in [1.54, 1.807) is 0 Å². The van der Waals surface area contributed by atoms with Crippen LogP contribution in [-0.2, 0) is 4.74 Å². The van der Waals surface area contributed by atoms with Gasteiger partial charge in [0, 0.05) is 31.9 Å². The number of ether oxygens (including phenoxy) is 1. The first-order valence-electron chi connectivity index (χ1n) is 7.34. The summed E-state index contributed by atoms with van der Waals surface area (Å²) in [6, 6.07) is 12.5. The quantitative estimate of drug-likeness (QED) is 0.796. The number of nitriles is 1. The lowest BCUT2D eigenvalue weighted by atomic mass is 10.2. The fourth-order valence-electron chi connectivity index (χ4n) is 2.57. The van der Waals surface area contributed by atoms with Crippen molar-refractivity contribution in [2.45, 2.75) is 19.4 Å². The van der Waals surface area contributed by atoms with Crippen LogP contribution in [0, 0.1) is 11.3 Å². The van der Waals surface area contributed by atoms with E-state index in [-0.39, 0.29) is 6.10 Å². The average molecular weight is 273 g/mol. The van der Waals surface area contributed by atoms with Crippen molar-refractivity contribution in [3.63, 3.8) is 0 Å². The number of morpholine rings is 1. The molecule has 4 heteroatoms. The molecular formula is C16H23N3O. The third-order valence-electron chi connectivity index (χ3n) is 3.71. The molecule has 1 unspecified atom stereocenters. The Balaban J connectivity index is 1.99. The molecule has 1 saturated heterocycles. The van der Waals surface area contributed by atoms with Gasteiger partial charge in [0.25, 0.3) is 0 Å². The molecule has 0 spiro atoms. The highest BCUT2D eigenvalue weighted by Gasteiger charge is 2.21. The molecule has 0 bridgehead atoms. The zero-order valence-corrected chi connectivity index (χ0v) is 12.2. The Morgan fingerprint density at radius 3 is 2.90 bits per heavy atom. The first kappa shape index (κ1) is 14.8. The number of hydrogen-bond acceptors (Lipinski definition) is 4. The van der Waals surface area contributed by atoms with Gasteiger partial charge in [-0.2, -0.15) is 5.26 Å². The van der Waals surface area contributed by atoms with Crippen LogP contribution >= 0.6 is 0 Å². The molecule has 1 aliphatic heterocycles. The van der Waals surface area contributed by atoms with Crippen LogP contribution in [0.25, 0.3) is 0 Å². The Bertz CT molecular complexity index is 429. The summed E-state index contributed by atoms with van der Waals surface area (Å²) in [6.07, 6.45) is 0.765. The number of para-hydroxylation sites is 1. The number of likely N-dealkylation sites (N-methyl/N-ethyl adjacent to an activating group) is 1. The summed E-state index contributed by atoms with van der Waals surface area (Å²) in [6.45, 7) is 7.67. The lowest BCUT2D eigenvalue weighted by Crippen LogP contribution is -2.47. The van der Waals surface area contributed by atoms with Gasteiger partial charge in [0.05, 0.1) is 25.2 Å². The predicted octanol–water partition coefficient (Wildman–Crippen LogP) is 2.13. The topological polar surface area (TPSA) is 39.5 Å².